The van der Waals surface area contributed by atoms with Gasteiger partial charge in [-0.25, -0.2) is 0 Å². The van der Waals surface area contributed by atoms with Crippen molar-refractivity contribution in [3.8, 4) is 5.75 Å². The average molecular weight is 298 g/mol. The van der Waals surface area contributed by atoms with E-state index in [2.05, 4.69) is 10.1 Å². The van der Waals surface area contributed by atoms with Crippen LogP contribution in [0.1, 0.15) is 11.1 Å². The highest BCUT2D eigenvalue weighted by atomic mass is 35.5. The number of benzene rings is 2. The molecule has 0 unspecified atom stereocenters. The maximum absolute atomic E-state index is 12.0. The van der Waals surface area contributed by atoms with Gasteiger partial charge in [0, 0.05) is 17.3 Å². The molecular weight excluding hydrogens is 284 g/mol. The van der Waals surface area contributed by atoms with Crippen molar-refractivity contribution in [2.24, 2.45) is 0 Å². The lowest BCUT2D eigenvalue weighted by atomic mass is 10.1. The molecule has 0 amide bonds. The van der Waals surface area contributed by atoms with Crippen molar-refractivity contribution in [1.29, 1.82) is 0 Å². The third-order valence-corrected chi connectivity index (χ3v) is 3.12. The van der Waals surface area contributed by atoms with Gasteiger partial charge in [0.05, 0.1) is 0 Å². The number of hydrogen-bond acceptors (Lipinski definition) is 2. The van der Waals surface area contributed by atoms with Gasteiger partial charge in [0.1, 0.15) is 5.75 Å². The fourth-order valence-corrected chi connectivity index (χ4v) is 2.05. The Morgan fingerprint density at radius 3 is 2.45 bits per heavy atom. The van der Waals surface area contributed by atoms with Crippen LogP contribution in [0.4, 0.5) is 14.5 Å². The number of alkyl halides is 2. The summed E-state index contributed by atoms with van der Waals surface area (Å²) in [7, 11) is 0. The van der Waals surface area contributed by atoms with Gasteiger partial charge in [0.2, 0.25) is 0 Å². The van der Waals surface area contributed by atoms with Gasteiger partial charge in [-0.3, -0.25) is 0 Å². The highest BCUT2D eigenvalue weighted by molar-refractivity contribution is 6.31. The van der Waals surface area contributed by atoms with Gasteiger partial charge in [0.15, 0.2) is 0 Å². The third kappa shape index (κ3) is 4.10. The summed E-state index contributed by atoms with van der Waals surface area (Å²) < 4.78 is 28.3. The van der Waals surface area contributed by atoms with Crippen LogP contribution in [-0.4, -0.2) is 6.61 Å². The molecule has 0 bridgehead atoms. The molecule has 1 N–H and O–H groups in total. The zero-order valence-electron chi connectivity index (χ0n) is 10.9. The van der Waals surface area contributed by atoms with E-state index in [0.717, 1.165) is 16.8 Å². The van der Waals surface area contributed by atoms with Crippen molar-refractivity contribution < 1.29 is 13.5 Å². The van der Waals surface area contributed by atoms with Crippen LogP contribution >= 0.6 is 11.6 Å². The SMILES string of the molecule is Cc1ccc(CNc2ccc(OC(F)F)cc2)c(Cl)c1. The van der Waals surface area contributed by atoms with E-state index < -0.39 is 6.61 Å². The maximum Gasteiger partial charge on any atom is 0.387 e. The monoisotopic (exact) mass is 297 g/mol. The topological polar surface area (TPSA) is 21.3 Å². The van der Waals surface area contributed by atoms with Crippen LogP contribution in [-0.2, 0) is 6.54 Å². The quantitative estimate of drug-likeness (QED) is 0.851. The Morgan fingerprint density at radius 1 is 1.15 bits per heavy atom. The number of nitrogens with one attached hydrogen (secondary N) is 1. The second kappa shape index (κ2) is 6.57. The highest BCUT2D eigenvalue weighted by Gasteiger charge is 2.04. The first-order chi connectivity index (χ1) is 9.54. The molecule has 2 rings (SSSR count). The fourth-order valence-electron chi connectivity index (χ4n) is 1.75. The lowest BCUT2D eigenvalue weighted by molar-refractivity contribution is -0.0498. The number of rotatable bonds is 5. The summed E-state index contributed by atoms with van der Waals surface area (Å²) in [4.78, 5) is 0. The Kier molecular flexibility index (Phi) is 4.79. The second-order valence-corrected chi connectivity index (χ2v) is 4.76. The van der Waals surface area contributed by atoms with Crippen LogP contribution in [0, 0.1) is 6.92 Å². The molecule has 0 aliphatic rings. The van der Waals surface area contributed by atoms with E-state index in [1.807, 2.05) is 25.1 Å². The first-order valence-electron chi connectivity index (χ1n) is 6.08. The Morgan fingerprint density at radius 2 is 1.85 bits per heavy atom. The summed E-state index contributed by atoms with van der Waals surface area (Å²) in [5, 5.41) is 3.88. The largest absolute Gasteiger partial charge is 0.435 e. The summed E-state index contributed by atoms with van der Waals surface area (Å²) in [6.07, 6.45) is 0. The Bertz CT molecular complexity index is 573. The van der Waals surface area contributed by atoms with E-state index in [1.165, 1.54) is 12.1 Å². The molecule has 5 heteroatoms. The van der Waals surface area contributed by atoms with Gasteiger partial charge in [-0.15, -0.1) is 0 Å². The normalized spacial score (nSPS) is 10.7. The number of hydrogen-bond donors (Lipinski definition) is 1. The summed E-state index contributed by atoms with van der Waals surface area (Å²) in [6, 6.07) is 12.2. The zero-order chi connectivity index (χ0) is 14.5. The summed E-state index contributed by atoms with van der Waals surface area (Å²) in [5.74, 6) is 0.138. The molecule has 2 aromatic rings. The maximum atomic E-state index is 12.0. The lowest BCUT2D eigenvalue weighted by Crippen LogP contribution is -2.03. The molecule has 2 nitrogen and oxygen atoms in total. The van der Waals surface area contributed by atoms with Crippen molar-refractivity contribution in [3.63, 3.8) is 0 Å². The Balaban J connectivity index is 1.96. The molecule has 0 aliphatic heterocycles. The van der Waals surface area contributed by atoms with E-state index >= 15 is 0 Å². The number of anilines is 1. The molecule has 20 heavy (non-hydrogen) atoms. The minimum atomic E-state index is -2.81. The molecule has 0 radical (unpaired) electrons. The number of halogens is 3. The average Bonchev–Trinajstić information content (AvgIpc) is 2.39. The van der Waals surface area contributed by atoms with Crippen molar-refractivity contribution in [2.45, 2.75) is 20.1 Å². The number of aryl methyl sites for hydroxylation is 1. The predicted molar refractivity (Wildman–Crippen MR) is 76.6 cm³/mol. The van der Waals surface area contributed by atoms with Crippen LogP contribution < -0.4 is 10.1 Å². The lowest BCUT2D eigenvalue weighted by Gasteiger charge is -2.10. The summed E-state index contributed by atoms with van der Waals surface area (Å²) in [6.45, 7) is -0.265. The minimum Gasteiger partial charge on any atom is -0.435 e. The molecule has 0 aliphatic carbocycles. The third-order valence-electron chi connectivity index (χ3n) is 2.77. The van der Waals surface area contributed by atoms with Crippen LogP contribution in [0.15, 0.2) is 42.5 Å². The van der Waals surface area contributed by atoms with E-state index in [-0.39, 0.29) is 5.75 Å². The van der Waals surface area contributed by atoms with E-state index in [0.29, 0.717) is 11.6 Å². The van der Waals surface area contributed by atoms with Crippen LogP contribution in [0.25, 0.3) is 0 Å². The first kappa shape index (κ1) is 14.6. The van der Waals surface area contributed by atoms with Gasteiger partial charge in [-0.1, -0.05) is 23.7 Å². The highest BCUT2D eigenvalue weighted by Crippen LogP contribution is 2.21. The molecule has 0 saturated carbocycles. The van der Waals surface area contributed by atoms with Crippen LogP contribution in [0.3, 0.4) is 0 Å². The molecule has 0 fully saturated rings. The fraction of sp³-hybridized carbons (Fsp3) is 0.200. The molecular formula is C15H14ClF2NO. The van der Waals surface area contributed by atoms with Gasteiger partial charge in [-0.05, 0) is 48.4 Å². The van der Waals surface area contributed by atoms with Crippen LogP contribution in [0.5, 0.6) is 5.75 Å². The van der Waals surface area contributed by atoms with Crippen molar-refractivity contribution in [3.05, 3.63) is 58.6 Å². The first-order valence-corrected chi connectivity index (χ1v) is 6.46. The molecule has 2 aromatic carbocycles. The van der Waals surface area contributed by atoms with Crippen molar-refractivity contribution in [1.82, 2.24) is 0 Å². The number of ether oxygens (including phenoxy) is 1. The summed E-state index contributed by atoms with van der Waals surface area (Å²) in [5.41, 5.74) is 2.89. The molecule has 0 spiro atoms. The van der Waals surface area contributed by atoms with E-state index in [9.17, 15) is 8.78 Å². The van der Waals surface area contributed by atoms with Gasteiger partial charge in [0.25, 0.3) is 0 Å². The van der Waals surface area contributed by atoms with Crippen LogP contribution in [0.2, 0.25) is 5.02 Å². The van der Waals surface area contributed by atoms with Crippen molar-refractivity contribution in [2.75, 3.05) is 5.32 Å². The van der Waals surface area contributed by atoms with Crippen molar-refractivity contribution >= 4 is 17.3 Å². The molecule has 0 atom stereocenters. The molecule has 0 aromatic heterocycles. The van der Waals surface area contributed by atoms with E-state index in [4.69, 9.17) is 11.6 Å². The summed E-state index contributed by atoms with van der Waals surface area (Å²) >= 11 is 6.13. The smallest absolute Gasteiger partial charge is 0.387 e. The van der Waals surface area contributed by atoms with E-state index in [1.54, 1.807) is 12.1 Å². The van der Waals surface area contributed by atoms with Gasteiger partial charge >= 0.3 is 6.61 Å². The zero-order valence-corrected chi connectivity index (χ0v) is 11.6. The standard InChI is InChI=1S/C15H14ClF2NO/c1-10-2-3-11(14(16)8-10)9-19-12-4-6-13(7-5-12)20-15(17)18/h2-8,15,19H,9H2,1H3. The molecule has 0 heterocycles. The molecule has 0 saturated heterocycles. The van der Waals surface area contributed by atoms with Gasteiger partial charge < -0.3 is 10.1 Å². The second-order valence-electron chi connectivity index (χ2n) is 4.35. The Hall–Kier alpha value is -1.81. The minimum absolute atomic E-state index is 0.138. The Labute approximate surface area is 121 Å². The van der Waals surface area contributed by atoms with Gasteiger partial charge in [-0.2, -0.15) is 8.78 Å². The molecule has 106 valence electrons. The predicted octanol–water partition coefficient (Wildman–Crippen LogP) is 4.86.